The van der Waals surface area contributed by atoms with E-state index in [9.17, 15) is 0 Å². The SMILES string of the molecule is [2H]c1c([2H])c([2H])c(Nc2ccc(N)cc2)c([2H])c1[2H]. The molecular formula is C12H12N2. The van der Waals surface area contributed by atoms with Crippen LogP contribution in [0.15, 0.2) is 54.5 Å². The fraction of sp³-hybridized carbons (Fsp3) is 0. The summed E-state index contributed by atoms with van der Waals surface area (Å²) in [5.41, 5.74) is 6.81. The van der Waals surface area contributed by atoms with Crippen molar-refractivity contribution < 1.29 is 6.85 Å². The average Bonchev–Trinajstić information content (AvgIpc) is 2.41. The van der Waals surface area contributed by atoms with Crippen LogP contribution in [0.25, 0.3) is 0 Å². The van der Waals surface area contributed by atoms with E-state index in [1.54, 1.807) is 24.3 Å². The normalized spacial score (nSPS) is 14.7. The zero-order valence-corrected chi connectivity index (χ0v) is 7.39. The van der Waals surface area contributed by atoms with E-state index in [0.717, 1.165) is 0 Å². The highest BCUT2D eigenvalue weighted by atomic mass is 14.9. The van der Waals surface area contributed by atoms with Crippen molar-refractivity contribution in [3.8, 4) is 0 Å². The van der Waals surface area contributed by atoms with Gasteiger partial charge in [-0.3, -0.25) is 0 Å². The van der Waals surface area contributed by atoms with Gasteiger partial charge in [0.05, 0.1) is 6.85 Å². The van der Waals surface area contributed by atoms with Gasteiger partial charge in [-0.1, -0.05) is 18.1 Å². The number of para-hydroxylation sites is 1. The monoisotopic (exact) mass is 189 g/mol. The minimum atomic E-state index is -0.405. The standard InChI is InChI=1S/C12H12N2/c13-10-6-8-12(9-7-10)14-11-4-2-1-3-5-11/h1-9,14H,13H2/i1D,2D,3D,4D,5D. The van der Waals surface area contributed by atoms with Gasteiger partial charge in [-0.05, 0) is 36.4 Å². The highest BCUT2D eigenvalue weighted by Crippen LogP contribution is 2.16. The first-order chi connectivity index (χ1) is 8.91. The molecule has 0 radical (unpaired) electrons. The summed E-state index contributed by atoms with van der Waals surface area (Å²) in [6.45, 7) is 0. The van der Waals surface area contributed by atoms with Gasteiger partial charge < -0.3 is 11.1 Å². The van der Waals surface area contributed by atoms with Crippen LogP contribution in [0.5, 0.6) is 0 Å². The first-order valence-corrected chi connectivity index (χ1v) is 4.11. The van der Waals surface area contributed by atoms with Crippen molar-refractivity contribution in [1.29, 1.82) is 0 Å². The van der Waals surface area contributed by atoms with Gasteiger partial charge in [-0.2, -0.15) is 0 Å². The largest absolute Gasteiger partial charge is 0.399 e. The van der Waals surface area contributed by atoms with Crippen LogP contribution in [0.3, 0.4) is 0 Å². The first kappa shape index (κ1) is 4.51. The van der Waals surface area contributed by atoms with E-state index >= 15 is 0 Å². The second-order valence-electron chi connectivity index (χ2n) is 2.75. The quantitative estimate of drug-likeness (QED) is 0.713. The van der Waals surface area contributed by atoms with Crippen molar-refractivity contribution in [1.82, 2.24) is 0 Å². The number of hydrogen-bond donors (Lipinski definition) is 2. The number of benzene rings is 2. The first-order valence-electron chi connectivity index (χ1n) is 6.61. The number of nitrogen functional groups attached to an aromatic ring is 1. The molecule has 0 unspecified atom stereocenters. The lowest BCUT2D eigenvalue weighted by Crippen LogP contribution is -1.90. The molecule has 0 aliphatic carbocycles. The van der Waals surface area contributed by atoms with Crippen molar-refractivity contribution in [2.24, 2.45) is 0 Å². The molecule has 2 nitrogen and oxygen atoms in total. The third-order valence-electron chi connectivity index (χ3n) is 1.68. The molecule has 0 saturated carbocycles. The maximum Gasteiger partial charge on any atom is 0.0645 e. The average molecular weight is 189 g/mol. The predicted molar refractivity (Wildman–Crippen MR) is 60.6 cm³/mol. The Morgan fingerprint density at radius 1 is 0.929 bits per heavy atom. The van der Waals surface area contributed by atoms with Gasteiger partial charge in [0.15, 0.2) is 0 Å². The van der Waals surface area contributed by atoms with Gasteiger partial charge in [0.1, 0.15) is 0 Å². The third kappa shape index (κ3) is 2.04. The minimum Gasteiger partial charge on any atom is -0.399 e. The Labute approximate surface area is 90.4 Å². The fourth-order valence-corrected chi connectivity index (χ4v) is 1.02. The summed E-state index contributed by atoms with van der Waals surface area (Å²) in [6, 6.07) is 5.03. The summed E-state index contributed by atoms with van der Waals surface area (Å²) in [5, 5.41) is 2.82. The second kappa shape index (κ2) is 3.83. The molecule has 0 fully saturated rings. The van der Waals surface area contributed by atoms with Crippen molar-refractivity contribution in [2.45, 2.75) is 0 Å². The van der Waals surface area contributed by atoms with Crippen molar-refractivity contribution in [2.75, 3.05) is 11.1 Å². The van der Waals surface area contributed by atoms with E-state index in [2.05, 4.69) is 5.32 Å². The topological polar surface area (TPSA) is 38.0 Å². The molecule has 2 aromatic carbocycles. The molecule has 2 rings (SSSR count). The summed E-state index contributed by atoms with van der Waals surface area (Å²) in [7, 11) is 0. The van der Waals surface area contributed by atoms with Crippen LogP contribution >= 0.6 is 0 Å². The van der Waals surface area contributed by atoms with E-state index in [4.69, 9.17) is 12.6 Å². The van der Waals surface area contributed by atoms with Crippen LogP contribution in [0.4, 0.5) is 17.1 Å². The second-order valence-corrected chi connectivity index (χ2v) is 2.75. The van der Waals surface area contributed by atoms with Gasteiger partial charge in [0, 0.05) is 17.1 Å². The molecular weight excluding hydrogens is 172 g/mol. The van der Waals surface area contributed by atoms with Gasteiger partial charge in [0.25, 0.3) is 0 Å². The minimum absolute atomic E-state index is 0.0516. The van der Waals surface area contributed by atoms with Crippen molar-refractivity contribution in [3.63, 3.8) is 0 Å². The maximum absolute atomic E-state index is 7.77. The molecule has 0 saturated heterocycles. The van der Waals surface area contributed by atoms with E-state index < -0.39 is 6.04 Å². The Morgan fingerprint density at radius 2 is 1.57 bits per heavy atom. The molecule has 3 N–H and O–H groups in total. The summed E-state index contributed by atoms with van der Waals surface area (Å²) in [6.07, 6.45) is 0. The van der Waals surface area contributed by atoms with E-state index in [1.807, 2.05) is 0 Å². The third-order valence-corrected chi connectivity index (χ3v) is 1.68. The molecule has 0 bridgehead atoms. The molecule has 0 heterocycles. The smallest absolute Gasteiger partial charge is 0.0645 e. The van der Waals surface area contributed by atoms with Gasteiger partial charge in [-0.25, -0.2) is 0 Å². The molecule has 2 aromatic rings. The Bertz CT molecular complexity index is 596. The molecule has 0 aliphatic rings. The number of nitrogens with one attached hydrogen (secondary N) is 1. The predicted octanol–water partition coefficient (Wildman–Crippen LogP) is 3.01. The van der Waals surface area contributed by atoms with Gasteiger partial charge >= 0.3 is 0 Å². The highest BCUT2D eigenvalue weighted by Gasteiger charge is 1.92. The zero-order valence-electron chi connectivity index (χ0n) is 12.4. The van der Waals surface area contributed by atoms with Crippen LogP contribution < -0.4 is 11.1 Å². The Balaban J connectivity index is 2.48. The fourth-order valence-electron chi connectivity index (χ4n) is 1.02. The number of nitrogens with two attached hydrogens (primary N) is 1. The van der Waals surface area contributed by atoms with Gasteiger partial charge in [-0.15, -0.1) is 0 Å². The number of hydrogen-bond acceptors (Lipinski definition) is 2. The molecule has 14 heavy (non-hydrogen) atoms. The molecule has 0 amide bonds. The lowest BCUT2D eigenvalue weighted by molar-refractivity contribution is 1.55. The Kier molecular flexibility index (Phi) is 1.23. The van der Waals surface area contributed by atoms with E-state index in [1.165, 1.54) is 0 Å². The Morgan fingerprint density at radius 3 is 2.21 bits per heavy atom. The van der Waals surface area contributed by atoms with E-state index in [0.29, 0.717) is 11.4 Å². The zero-order chi connectivity index (χ0) is 14.2. The van der Waals surface area contributed by atoms with Crippen molar-refractivity contribution >= 4 is 17.1 Å². The summed E-state index contributed by atoms with van der Waals surface area (Å²) in [4.78, 5) is 0. The van der Waals surface area contributed by atoms with Crippen LogP contribution in [0, 0.1) is 0 Å². The van der Waals surface area contributed by atoms with Crippen LogP contribution in [-0.2, 0) is 0 Å². The molecule has 70 valence electrons. The number of rotatable bonds is 2. The summed E-state index contributed by atoms with van der Waals surface area (Å²) < 4.78 is 38.2. The lowest BCUT2D eigenvalue weighted by Gasteiger charge is -2.05. The van der Waals surface area contributed by atoms with Crippen LogP contribution in [0.1, 0.15) is 6.85 Å². The molecule has 0 aliphatic heterocycles. The number of anilines is 3. The molecule has 0 spiro atoms. The Hall–Kier alpha value is -1.96. The lowest BCUT2D eigenvalue weighted by atomic mass is 10.2. The molecule has 0 atom stereocenters. The maximum atomic E-state index is 7.77. The summed E-state index contributed by atoms with van der Waals surface area (Å²) in [5.74, 6) is 0. The van der Waals surface area contributed by atoms with Crippen molar-refractivity contribution in [3.05, 3.63) is 54.5 Å². The molecule has 2 heteroatoms. The summed E-state index contributed by atoms with van der Waals surface area (Å²) >= 11 is 0. The van der Waals surface area contributed by atoms with E-state index in [-0.39, 0.29) is 29.9 Å². The van der Waals surface area contributed by atoms with Gasteiger partial charge in [0.2, 0.25) is 0 Å². The highest BCUT2D eigenvalue weighted by molar-refractivity contribution is 5.61. The molecule has 0 aromatic heterocycles. The van der Waals surface area contributed by atoms with Crippen LogP contribution in [-0.4, -0.2) is 0 Å². The van der Waals surface area contributed by atoms with Crippen LogP contribution in [0.2, 0.25) is 0 Å².